The second-order valence-electron chi connectivity index (χ2n) is 29.9. The van der Waals surface area contributed by atoms with E-state index in [9.17, 15) is 125 Å². The van der Waals surface area contributed by atoms with Crippen LogP contribution in [0, 0.1) is 66.3 Å². The SMILES string of the molecule is CC(C)Oc1cccc(-n2nnn(C)c2=O)c1COc1cc(F)[c-]cc1C(F)(F)F.CCOc1cccc(-n2nnn(C)c2=O)c1COc1cc(F)[c-]cc1C(F)(F)F.CCSc1cccc(-n2nnn(C)c2=O)c1COc1cc(F)[c-]cc1C(F)(F)F.Cc1cccc(-n2nnn(C)c2=O)c1COc1cc(F)[c-]cc1C(F)(F)F.Cn1nnn(-c2cccc(C(F)(F)F)c2COc2cc(F)[c-]cc2C(F)(F)F)c1=O.[Y].[Y].[Y].[Y].[Y]. The molecule has 0 unspecified atom stereocenters. The third-order valence-electron chi connectivity index (χ3n) is 19.7. The zero-order valence-electron chi connectivity index (χ0n) is 78.8. The Hall–Kier alpha value is -10.6. The third kappa shape index (κ3) is 32.5. The van der Waals surface area contributed by atoms with Gasteiger partial charge in [0.2, 0.25) is 0 Å². The molecule has 150 heavy (non-hydrogen) atoms. The number of aromatic nitrogens is 20. The molecule has 5 aromatic heterocycles. The van der Waals surface area contributed by atoms with Crippen LogP contribution >= 0.6 is 11.8 Å². The van der Waals surface area contributed by atoms with Crippen LogP contribution in [0.1, 0.15) is 94.5 Å². The molecule has 0 aliphatic carbocycles. The molecule has 0 spiro atoms. The number of aryl methyl sites for hydroxylation is 6. The average Bonchev–Trinajstić information content (AvgIpc) is 0.866. The number of tetrazole rings is 5. The molecule has 0 fully saturated rings. The predicted molar refractivity (Wildman–Crippen MR) is 459 cm³/mol. The van der Waals surface area contributed by atoms with Crippen LogP contribution in [-0.4, -0.2) is 117 Å². The molecule has 10 aromatic carbocycles. The van der Waals surface area contributed by atoms with E-state index in [1.54, 1.807) is 94.4 Å². The summed E-state index contributed by atoms with van der Waals surface area (Å²) in [6, 6.07) is 36.3. The number of halogens is 23. The van der Waals surface area contributed by atoms with Gasteiger partial charge in [-0.2, -0.15) is 156 Å². The number of hydrogen-bond donors (Lipinski definition) is 0. The van der Waals surface area contributed by atoms with Crippen molar-refractivity contribution in [3.8, 4) is 68.7 Å². The molecule has 0 aliphatic rings. The van der Waals surface area contributed by atoms with Gasteiger partial charge >= 0.3 is 65.5 Å². The number of hydrogen-bond acceptors (Lipinski definition) is 23. The minimum atomic E-state index is -4.96. The van der Waals surface area contributed by atoms with E-state index < -0.39 is 188 Å². The van der Waals surface area contributed by atoms with Gasteiger partial charge in [-0.15, -0.1) is 42.1 Å². The van der Waals surface area contributed by atoms with Gasteiger partial charge in [0, 0.05) is 278 Å². The summed E-state index contributed by atoms with van der Waals surface area (Å²) in [6.07, 6.45) is -29.1. The third-order valence-corrected chi connectivity index (χ3v) is 20.6. The molecule has 0 amide bonds. The van der Waals surface area contributed by atoms with E-state index in [1.165, 1.54) is 59.1 Å². The van der Waals surface area contributed by atoms with Crippen molar-refractivity contribution in [2.45, 2.75) is 116 Å². The summed E-state index contributed by atoms with van der Waals surface area (Å²) < 4.78 is 352. The molecule has 785 valence electrons. The first-order valence-electron chi connectivity index (χ1n) is 41.2. The van der Waals surface area contributed by atoms with Crippen molar-refractivity contribution in [3.05, 3.63) is 330 Å². The fraction of sp³-hybridized carbons (Fsp3) is 0.270. The van der Waals surface area contributed by atoms with Crippen molar-refractivity contribution in [1.29, 1.82) is 0 Å². The first kappa shape index (κ1) is 128. The molecule has 15 rings (SSSR count). The summed E-state index contributed by atoms with van der Waals surface area (Å²) in [5.74, 6) is -7.73. The largest absolute Gasteiger partial charge is 0.514 e. The molecule has 0 atom stereocenters. The van der Waals surface area contributed by atoms with Crippen molar-refractivity contribution >= 4 is 11.8 Å². The normalized spacial score (nSPS) is 11.4. The summed E-state index contributed by atoms with van der Waals surface area (Å²) in [4.78, 5) is 61.6. The summed E-state index contributed by atoms with van der Waals surface area (Å²) in [7, 11) is 6.83. The summed E-state index contributed by atoms with van der Waals surface area (Å²) in [5, 5.41) is 36.4. The van der Waals surface area contributed by atoms with Gasteiger partial charge in [0.25, 0.3) is 0 Å². The number of nitrogens with zero attached hydrogens (tertiary/aromatic N) is 20. The van der Waals surface area contributed by atoms with Gasteiger partial charge in [-0.05, 0) is 174 Å². The van der Waals surface area contributed by atoms with Crippen molar-refractivity contribution in [2.24, 2.45) is 35.2 Å². The van der Waals surface area contributed by atoms with E-state index >= 15 is 0 Å². The second kappa shape index (κ2) is 54.8. The minimum absolute atomic E-state index is 0. The van der Waals surface area contributed by atoms with Crippen molar-refractivity contribution in [3.63, 3.8) is 0 Å². The van der Waals surface area contributed by atoms with Crippen molar-refractivity contribution in [1.82, 2.24) is 99.0 Å². The molecule has 0 N–H and O–H groups in total. The second-order valence-corrected chi connectivity index (χ2v) is 31.2. The van der Waals surface area contributed by atoms with Gasteiger partial charge < -0.3 is 33.2 Å². The van der Waals surface area contributed by atoms with E-state index in [0.29, 0.717) is 104 Å². The number of alkyl halides is 18. The van der Waals surface area contributed by atoms with Gasteiger partial charge in [0.1, 0.15) is 44.5 Å². The number of thioether (sulfide) groups is 1. The maximum absolute atomic E-state index is 13.5. The van der Waals surface area contributed by atoms with Gasteiger partial charge in [-0.25, -0.2) is 45.9 Å². The Kier molecular flexibility index (Phi) is 46.8. The first-order valence-corrected chi connectivity index (χ1v) is 42.2. The van der Waals surface area contributed by atoms with E-state index in [0.717, 1.165) is 54.3 Å². The summed E-state index contributed by atoms with van der Waals surface area (Å²) in [5.41, 5.74) is -8.47. The molecule has 5 heterocycles. The zero-order valence-corrected chi connectivity index (χ0v) is 93.8. The van der Waals surface area contributed by atoms with E-state index in [-0.39, 0.29) is 230 Å². The number of ether oxygens (including phenoxy) is 7. The number of rotatable bonds is 26. The molecular formula is C89H70F23N20O12SY5-5. The number of benzene rings is 10. The smallest absolute Gasteiger partial charge is 0.416 e. The van der Waals surface area contributed by atoms with Crippen LogP contribution in [0.25, 0.3) is 28.4 Å². The van der Waals surface area contributed by atoms with E-state index in [4.69, 9.17) is 33.2 Å². The fourth-order valence-corrected chi connectivity index (χ4v) is 13.7. The molecule has 0 saturated carbocycles. The van der Waals surface area contributed by atoms with Crippen molar-refractivity contribution < 1.29 is 298 Å². The molecule has 5 radical (unpaired) electrons. The van der Waals surface area contributed by atoms with Crippen LogP contribution in [0.3, 0.4) is 0 Å². The predicted octanol–water partition coefficient (Wildman–Crippen LogP) is 16.1. The van der Waals surface area contributed by atoms with Crippen LogP contribution in [-0.2, 0) is 269 Å². The Morgan fingerprint density at radius 2 is 0.540 bits per heavy atom. The van der Waals surface area contributed by atoms with Gasteiger partial charge in [0.15, 0.2) is 0 Å². The van der Waals surface area contributed by atoms with Crippen LogP contribution in [0.5, 0.6) is 40.2 Å². The molecular weight excluding hydrogens is 2450 g/mol. The maximum atomic E-state index is 13.5. The molecule has 61 heteroatoms. The topological polar surface area (TPSA) is 328 Å². The Morgan fingerprint density at radius 3 is 0.813 bits per heavy atom. The van der Waals surface area contributed by atoms with Gasteiger partial charge in [-0.3, -0.25) is 0 Å². The van der Waals surface area contributed by atoms with Crippen molar-refractivity contribution in [2.75, 3.05) is 12.4 Å². The van der Waals surface area contributed by atoms with Crippen LogP contribution in [0.4, 0.5) is 101 Å². The summed E-state index contributed by atoms with van der Waals surface area (Å²) in [6.45, 7) is 6.46. The Balaban J connectivity index is 0.000000284. The Morgan fingerprint density at radius 1 is 0.300 bits per heavy atom. The molecule has 0 aliphatic heterocycles. The molecule has 0 bridgehead atoms. The van der Waals surface area contributed by atoms with E-state index in [1.807, 2.05) is 31.2 Å². The van der Waals surface area contributed by atoms with Crippen LogP contribution < -0.4 is 61.6 Å². The Bertz CT molecular complexity index is 7300. The monoisotopic (exact) mass is 2520 g/mol. The standard InChI is InChI=1S/C19H17F4N4O3.C18H15F4N4O3.C18H15F4N4O2S.C17H10F7N4O2.C17H13F4N4O2.5Y/c1-11(2)30-16-6-4-5-15(27-18(28)26(3)24-25-27)13(16)10-29-17-9-12(20)7-8-14(17)19(21,22)23;1-3-28-15-6-4-5-14(26-17(27)25(2)23-24-26)12(15)10-29-16-9-11(19)7-8-13(16)18(20,21)22;1-3-29-16-6-4-5-14(26-17(27)25(2)23-24-26)12(16)10-28-15-9-11(19)7-8-13(15)18(20,21)22;1-27-15(29)28(26-25-27)13-4-2-3-11(16(19,20)21)10(13)8-30-14-7-9(18)5-6-12(14)17(22,23)24;1-10-4-3-5-14(25-16(26)24(2)22-23-25)12(10)9-27-15-8-11(18)6-7-13(15)17(19,20)21;;;;;/h4-6,8-9,11H,10H2,1-3H3;2*4-6,8-9H,3,10H2,1-2H3;2-4,6-7H,8H2,1H3;3-5,7-8H,9H2,1-2H3;;;;;/q5*-1;;;;;. The quantitative estimate of drug-likeness (QED) is 0.0276. The minimum Gasteiger partial charge on any atom is -0.514 e. The zero-order chi connectivity index (χ0) is 106. The van der Waals surface area contributed by atoms with Gasteiger partial charge in [0.05, 0.1) is 57.8 Å². The molecule has 0 saturated heterocycles. The van der Waals surface area contributed by atoms with Gasteiger partial charge in [-0.1, -0.05) is 73.7 Å². The van der Waals surface area contributed by atoms with Crippen LogP contribution in [0.2, 0.25) is 0 Å². The molecule has 15 aromatic rings. The average molecular weight is 2530 g/mol. The first-order chi connectivity index (χ1) is 68.1. The van der Waals surface area contributed by atoms with Crippen LogP contribution in [0.15, 0.2) is 181 Å². The van der Waals surface area contributed by atoms with E-state index in [2.05, 4.69) is 52.1 Å². The summed E-state index contributed by atoms with van der Waals surface area (Å²) >= 11 is 1.42. The maximum Gasteiger partial charge on any atom is 0.416 e. The Labute approximate surface area is 960 Å². The fourth-order valence-electron chi connectivity index (χ4n) is 12.9. The molecule has 32 nitrogen and oxygen atoms in total.